The Morgan fingerprint density at radius 2 is 2.25 bits per heavy atom. The first-order valence-electron chi connectivity index (χ1n) is 3.37. The van der Waals surface area contributed by atoms with E-state index in [9.17, 15) is 5.02 Å². The zero-order valence-corrected chi connectivity index (χ0v) is 8.69. The molecule has 3 nitrogen and oxygen atoms in total. The maximum Gasteiger partial charge on any atom is 0.500 e. The number of halogens is 1. The molecule has 1 N–H and O–H groups in total. The van der Waals surface area contributed by atoms with Crippen LogP contribution in [-0.4, -0.2) is 19.3 Å². The summed E-state index contributed by atoms with van der Waals surface area (Å²) in [5.41, 5.74) is 0.684. The van der Waals surface area contributed by atoms with Gasteiger partial charge in [-0.1, -0.05) is 12.1 Å². The lowest BCUT2D eigenvalue weighted by Gasteiger charge is -2.04. The van der Waals surface area contributed by atoms with Gasteiger partial charge < -0.3 is 12.7 Å². The van der Waals surface area contributed by atoms with Crippen molar-refractivity contribution in [1.82, 2.24) is 0 Å². The molecular weight excluding hydrogens is 270 g/mol. The Labute approximate surface area is 85.5 Å². The van der Waals surface area contributed by atoms with Crippen molar-refractivity contribution >= 4 is 35.6 Å². The Balaban J connectivity index is 2.86. The number of rotatable bonds is 3. The first-order chi connectivity index (χ1) is 5.77. The molecule has 5 heteroatoms. The summed E-state index contributed by atoms with van der Waals surface area (Å²) in [6, 6.07) is 7.10. The number of hydrogen-bond acceptors (Lipinski definition) is 3. The van der Waals surface area contributed by atoms with Crippen LogP contribution in [0.15, 0.2) is 24.3 Å². The summed E-state index contributed by atoms with van der Waals surface area (Å²) in [7, 11) is 0.692. The quantitative estimate of drug-likeness (QED) is 0.655. The Hall–Kier alpha value is -0.265. The number of methoxy groups -OCH3 is 1. The van der Waals surface area contributed by atoms with E-state index in [2.05, 4.69) is 0 Å². The first-order valence-corrected chi connectivity index (χ1v) is 4.25. The Morgan fingerprint density at radius 3 is 2.83 bits per heavy atom. The van der Waals surface area contributed by atoms with Gasteiger partial charge in [0.25, 0.3) is 0 Å². The average Bonchev–Trinajstić information content (AvgIpc) is 2.17. The van der Waals surface area contributed by atoms with Gasteiger partial charge in [0.15, 0.2) is 0 Å². The van der Waals surface area contributed by atoms with Crippen molar-refractivity contribution in [3.8, 4) is 5.75 Å². The third-order valence-corrected chi connectivity index (χ3v) is 1.95. The Bertz CT molecular complexity index is 256. The molecule has 0 heterocycles. The summed E-state index contributed by atoms with van der Waals surface area (Å²) in [6.07, 6.45) is 0. The largest absolute Gasteiger partial charge is 0.500 e. The van der Waals surface area contributed by atoms with Crippen molar-refractivity contribution in [2.75, 3.05) is 7.11 Å². The Morgan fingerprint density at radius 1 is 1.50 bits per heavy atom. The van der Waals surface area contributed by atoms with Crippen LogP contribution >= 0.6 is 23.0 Å². The smallest absolute Gasteiger partial charge is 0.497 e. The van der Waals surface area contributed by atoms with E-state index in [1.807, 2.05) is 6.07 Å². The lowest BCUT2D eigenvalue weighted by Crippen LogP contribution is -2.30. The topological polar surface area (TPSA) is 38.7 Å². The molecule has 0 amide bonds. The van der Waals surface area contributed by atoms with Crippen LogP contribution in [0.3, 0.4) is 0 Å². The van der Waals surface area contributed by atoms with Gasteiger partial charge in [-0.15, -0.1) is 0 Å². The van der Waals surface area contributed by atoms with E-state index in [-0.39, 0.29) is 0 Å². The first kappa shape index (κ1) is 9.82. The van der Waals surface area contributed by atoms with E-state index in [1.54, 1.807) is 48.3 Å². The molecule has 0 aliphatic heterocycles. The zero-order valence-electron chi connectivity index (χ0n) is 6.53. The molecule has 0 unspecified atom stereocenters. The molecule has 1 rings (SSSR count). The molecule has 1 aromatic carbocycles. The van der Waals surface area contributed by atoms with Crippen molar-refractivity contribution in [3.05, 3.63) is 24.3 Å². The van der Waals surface area contributed by atoms with E-state index in [0.29, 0.717) is 11.2 Å². The van der Waals surface area contributed by atoms with Crippen molar-refractivity contribution < 1.29 is 12.7 Å². The van der Waals surface area contributed by atoms with Gasteiger partial charge in [0.2, 0.25) is 0 Å². The van der Waals surface area contributed by atoms with E-state index in [4.69, 9.17) is 7.72 Å². The van der Waals surface area contributed by atoms with Gasteiger partial charge in [-0.25, -0.2) is 0 Å². The molecule has 0 saturated carbocycles. The zero-order chi connectivity index (χ0) is 8.97. The number of ether oxygens (including phenoxy) is 1. The van der Waals surface area contributed by atoms with E-state index < -0.39 is 7.12 Å². The Kier molecular flexibility index (Phi) is 3.83. The predicted molar refractivity (Wildman–Crippen MR) is 55.7 cm³/mol. The van der Waals surface area contributed by atoms with Crippen molar-refractivity contribution in [1.29, 1.82) is 0 Å². The van der Waals surface area contributed by atoms with Crippen LogP contribution in [0.5, 0.6) is 5.75 Å². The summed E-state index contributed by atoms with van der Waals surface area (Å²) < 4.78 is 9.69. The van der Waals surface area contributed by atoms with Crippen LogP contribution in [0.1, 0.15) is 0 Å². The maximum absolute atomic E-state index is 9.26. The molecular formula is C7H8BIO3. The minimum atomic E-state index is -0.888. The molecule has 0 atom stereocenters. The monoisotopic (exact) mass is 278 g/mol. The second-order valence-electron chi connectivity index (χ2n) is 2.22. The summed E-state index contributed by atoms with van der Waals surface area (Å²) in [5.74, 6) is 0.708. The molecule has 0 aromatic heterocycles. The van der Waals surface area contributed by atoms with Gasteiger partial charge in [-0.3, -0.25) is 0 Å². The lowest BCUT2D eigenvalue weighted by molar-refractivity contribution is 0.414. The molecule has 12 heavy (non-hydrogen) atoms. The van der Waals surface area contributed by atoms with Crippen LogP contribution in [0.4, 0.5) is 0 Å². The summed E-state index contributed by atoms with van der Waals surface area (Å²) >= 11 is 1.65. The second kappa shape index (κ2) is 4.69. The molecule has 0 saturated heterocycles. The third-order valence-electron chi connectivity index (χ3n) is 1.46. The van der Waals surface area contributed by atoms with Crippen LogP contribution in [0.25, 0.3) is 0 Å². The SMILES string of the molecule is COc1cccc(B(O)OI)c1. The summed E-state index contributed by atoms with van der Waals surface area (Å²) in [4.78, 5) is 0. The molecule has 0 aliphatic rings. The molecule has 0 bridgehead atoms. The normalized spacial score (nSPS) is 9.58. The fraction of sp³-hybridized carbons (Fsp3) is 0.143. The van der Waals surface area contributed by atoms with Crippen molar-refractivity contribution in [2.24, 2.45) is 0 Å². The summed E-state index contributed by atoms with van der Waals surface area (Å²) in [5, 5.41) is 9.26. The van der Waals surface area contributed by atoms with E-state index >= 15 is 0 Å². The second-order valence-corrected chi connectivity index (χ2v) is 2.73. The highest BCUT2D eigenvalue weighted by atomic mass is 127. The number of hydrogen-bond donors (Lipinski definition) is 1. The maximum atomic E-state index is 9.26. The minimum Gasteiger partial charge on any atom is -0.497 e. The van der Waals surface area contributed by atoms with E-state index in [1.165, 1.54) is 0 Å². The van der Waals surface area contributed by atoms with Gasteiger partial charge in [-0.05, 0) is 17.6 Å². The fourth-order valence-electron chi connectivity index (χ4n) is 0.847. The molecule has 64 valence electrons. The standard InChI is InChI=1S/C7H8BIO3/c1-11-7-4-2-3-6(5-7)8(10)12-9/h2-5,10H,1H3. The molecule has 0 radical (unpaired) electrons. The molecule has 0 aliphatic carbocycles. The van der Waals surface area contributed by atoms with Crippen molar-refractivity contribution in [3.63, 3.8) is 0 Å². The van der Waals surface area contributed by atoms with Gasteiger partial charge in [0.05, 0.1) is 30.1 Å². The van der Waals surface area contributed by atoms with Crippen LogP contribution in [0.2, 0.25) is 0 Å². The van der Waals surface area contributed by atoms with Gasteiger partial charge in [0, 0.05) is 0 Å². The predicted octanol–water partition coefficient (Wildman–Crippen LogP) is 0.749. The van der Waals surface area contributed by atoms with Gasteiger partial charge in [-0.2, -0.15) is 0 Å². The molecule has 0 fully saturated rings. The van der Waals surface area contributed by atoms with Gasteiger partial charge in [0.1, 0.15) is 5.75 Å². The minimum absolute atomic E-state index is 0.684. The lowest BCUT2D eigenvalue weighted by atomic mass is 9.80. The average molecular weight is 278 g/mol. The fourth-order valence-corrected chi connectivity index (χ4v) is 1.14. The third kappa shape index (κ3) is 2.36. The number of benzene rings is 1. The van der Waals surface area contributed by atoms with Crippen LogP contribution < -0.4 is 10.2 Å². The van der Waals surface area contributed by atoms with Gasteiger partial charge >= 0.3 is 7.12 Å². The van der Waals surface area contributed by atoms with E-state index in [0.717, 1.165) is 0 Å². The highest BCUT2D eigenvalue weighted by Gasteiger charge is 2.15. The summed E-state index contributed by atoms with van der Waals surface area (Å²) in [6.45, 7) is 0. The highest BCUT2D eigenvalue weighted by molar-refractivity contribution is 14.1. The van der Waals surface area contributed by atoms with Crippen LogP contribution in [0, 0.1) is 0 Å². The highest BCUT2D eigenvalue weighted by Crippen LogP contribution is 2.06. The molecule has 1 aromatic rings. The molecule has 0 spiro atoms. The van der Waals surface area contributed by atoms with Crippen LogP contribution in [-0.2, 0) is 2.98 Å². The van der Waals surface area contributed by atoms with Crippen molar-refractivity contribution in [2.45, 2.75) is 0 Å².